The lowest BCUT2D eigenvalue weighted by atomic mass is 9.77. The first-order chi connectivity index (χ1) is 10.1. The smallest absolute Gasteiger partial charge is 0.135 e. The van der Waals surface area contributed by atoms with Crippen LogP contribution in [-0.4, -0.2) is 33.8 Å². The standard InChI is InChI=1S/C16H28N4O/c1-4-7-13-18-14(17-10-5-2)12(3)15(19-13)20-16(11-21)8-6-9-16/h21H,4-11H2,1-3H3,(H2,17,18,19,20). The van der Waals surface area contributed by atoms with Crippen LogP contribution in [0.15, 0.2) is 0 Å². The molecular formula is C16H28N4O. The molecular weight excluding hydrogens is 264 g/mol. The van der Waals surface area contributed by atoms with Gasteiger partial charge in [-0.3, -0.25) is 0 Å². The van der Waals surface area contributed by atoms with Crippen molar-refractivity contribution >= 4 is 11.6 Å². The average molecular weight is 292 g/mol. The van der Waals surface area contributed by atoms with Gasteiger partial charge in [-0.2, -0.15) is 0 Å². The first-order valence-corrected chi connectivity index (χ1v) is 8.14. The van der Waals surface area contributed by atoms with Gasteiger partial charge in [-0.25, -0.2) is 9.97 Å². The molecule has 0 saturated heterocycles. The summed E-state index contributed by atoms with van der Waals surface area (Å²) in [5.74, 6) is 2.67. The summed E-state index contributed by atoms with van der Waals surface area (Å²) in [6.07, 6.45) is 6.15. The summed E-state index contributed by atoms with van der Waals surface area (Å²) in [6.45, 7) is 7.40. The second-order valence-electron chi connectivity index (χ2n) is 6.06. The highest BCUT2D eigenvalue weighted by atomic mass is 16.3. The van der Waals surface area contributed by atoms with Crippen LogP contribution in [0, 0.1) is 6.92 Å². The Hall–Kier alpha value is -1.36. The van der Waals surface area contributed by atoms with Crippen molar-refractivity contribution in [2.24, 2.45) is 0 Å². The number of aliphatic hydroxyl groups is 1. The predicted octanol–water partition coefficient (Wildman–Crippen LogP) is 2.89. The molecule has 0 unspecified atom stereocenters. The summed E-state index contributed by atoms with van der Waals surface area (Å²) in [5, 5.41) is 16.5. The molecule has 21 heavy (non-hydrogen) atoms. The number of nitrogens with one attached hydrogen (secondary N) is 2. The van der Waals surface area contributed by atoms with Crippen LogP contribution in [0.4, 0.5) is 11.6 Å². The minimum absolute atomic E-state index is 0.164. The van der Waals surface area contributed by atoms with E-state index in [1.165, 1.54) is 6.42 Å². The lowest BCUT2D eigenvalue weighted by Gasteiger charge is -2.41. The summed E-state index contributed by atoms with van der Waals surface area (Å²) in [4.78, 5) is 9.31. The first-order valence-electron chi connectivity index (χ1n) is 8.14. The molecule has 3 N–H and O–H groups in total. The zero-order valence-electron chi connectivity index (χ0n) is 13.5. The largest absolute Gasteiger partial charge is 0.394 e. The molecule has 0 spiro atoms. The molecule has 118 valence electrons. The normalized spacial score (nSPS) is 16.4. The molecule has 1 aromatic rings. The summed E-state index contributed by atoms with van der Waals surface area (Å²) in [5.41, 5.74) is 0.869. The van der Waals surface area contributed by atoms with E-state index in [9.17, 15) is 5.11 Å². The van der Waals surface area contributed by atoms with Gasteiger partial charge in [0.25, 0.3) is 0 Å². The molecule has 0 bridgehead atoms. The zero-order valence-corrected chi connectivity index (χ0v) is 13.5. The van der Waals surface area contributed by atoms with Crippen molar-refractivity contribution in [1.29, 1.82) is 0 Å². The Labute approximate surface area is 127 Å². The lowest BCUT2D eigenvalue weighted by molar-refractivity contribution is 0.143. The Kier molecular flexibility index (Phi) is 5.39. The average Bonchev–Trinajstić information content (AvgIpc) is 2.44. The van der Waals surface area contributed by atoms with Gasteiger partial charge in [0.2, 0.25) is 0 Å². The quantitative estimate of drug-likeness (QED) is 0.687. The molecule has 1 aromatic heterocycles. The van der Waals surface area contributed by atoms with Gasteiger partial charge in [0.05, 0.1) is 12.1 Å². The van der Waals surface area contributed by atoms with E-state index in [1.54, 1.807) is 0 Å². The van der Waals surface area contributed by atoms with Crippen LogP contribution >= 0.6 is 0 Å². The van der Waals surface area contributed by atoms with Crippen molar-refractivity contribution < 1.29 is 5.11 Å². The van der Waals surface area contributed by atoms with E-state index >= 15 is 0 Å². The number of nitrogens with zero attached hydrogens (tertiary/aromatic N) is 2. The van der Waals surface area contributed by atoms with E-state index < -0.39 is 0 Å². The van der Waals surface area contributed by atoms with Gasteiger partial charge >= 0.3 is 0 Å². The topological polar surface area (TPSA) is 70.1 Å². The molecule has 2 rings (SSSR count). The minimum Gasteiger partial charge on any atom is -0.394 e. The molecule has 0 amide bonds. The monoisotopic (exact) mass is 292 g/mol. The Morgan fingerprint density at radius 3 is 2.38 bits per heavy atom. The van der Waals surface area contributed by atoms with E-state index in [2.05, 4.69) is 34.4 Å². The van der Waals surface area contributed by atoms with Crippen molar-refractivity contribution in [3.63, 3.8) is 0 Å². The number of aryl methyl sites for hydroxylation is 1. The molecule has 0 aliphatic heterocycles. The maximum atomic E-state index is 9.65. The van der Waals surface area contributed by atoms with E-state index in [0.717, 1.165) is 61.7 Å². The van der Waals surface area contributed by atoms with Crippen molar-refractivity contribution in [1.82, 2.24) is 9.97 Å². The molecule has 1 heterocycles. The van der Waals surface area contributed by atoms with Crippen molar-refractivity contribution in [3.8, 4) is 0 Å². The first kappa shape index (κ1) is 16.0. The number of anilines is 2. The number of rotatable bonds is 8. The van der Waals surface area contributed by atoms with Crippen molar-refractivity contribution in [3.05, 3.63) is 11.4 Å². The van der Waals surface area contributed by atoms with Crippen molar-refractivity contribution in [2.75, 3.05) is 23.8 Å². The third kappa shape index (κ3) is 3.64. The van der Waals surface area contributed by atoms with Crippen LogP contribution in [0.25, 0.3) is 0 Å². The van der Waals surface area contributed by atoms with Crippen molar-refractivity contribution in [2.45, 2.75) is 64.8 Å². The fourth-order valence-electron chi connectivity index (χ4n) is 2.61. The van der Waals surface area contributed by atoms with Gasteiger partial charge in [-0.15, -0.1) is 0 Å². The Morgan fingerprint density at radius 2 is 1.86 bits per heavy atom. The summed E-state index contributed by atoms with van der Waals surface area (Å²) >= 11 is 0. The Bertz CT molecular complexity index is 466. The Morgan fingerprint density at radius 1 is 1.14 bits per heavy atom. The van der Waals surface area contributed by atoms with Crippen LogP contribution in [-0.2, 0) is 6.42 Å². The predicted molar refractivity (Wildman–Crippen MR) is 86.8 cm³/mol. The number of aliphatic hydroxyl groups excluding tert-OH is 1. The van der Waals surface area contributed by atoms with E-state index in [1.807, 2.05) is 6.92 Å². The maximum Gasteiger partial charge on any atom is 0.135 e. The Balaban J connectivity index is 2.26. The molecule has 0 radical (unpaired) electrons. The lowest BCUT2D eigenvalue weighted by Crippen LogP contribution is -2.48. The zero-order chi connectivity index (χ0) is 15.3. The van der Waals surface area contributed by atoms with Gasteiger partial charge in [0, 0.05) is 18.5 Å². The van der Waals surface area contributed by atoms with Gasteiger partial charge in [-0.05, 0) is 39.0 Å². The highest BCUT2D eigenvalue weighted by Crippen LogP contribution is 2.36. The van der Waals surface area contributed by atoms with E-state index in [-0.39, 0.29) is 12.1 Å². The van der Waals surface area contributed by atoms with Gasteiger partial charge < -0.3 is 15.7 Å². The van der Waals surface area contributed by atoms with E-state index in [4.69, 9.17) is 0 Å². The number of aromatic nitrogens is 2. The highest BCUT2D eigenvalue weighted by molar-refractivity contribution is 5.58. The van der Waals surface area contributed by atoms with Crippen LogP contribution < -0.4 is 10.6 Å². The minimum atomic E-state index is -0.176. The summed E-state index contributed by atoms with van der Waals surface area (Å²) < 4.78 is 0. The number of hydrogen-bond donors (Lipinski definition) is 3. The molecule has 0 aromatic carbocycles. The molecule has 5 heteroatoms. The molecule has 1 fully saturated rings. The van der Waals surface area contributed by atoms with Gasteiger partial charge in [0.1, 0.15) is 17.5 Å². The van der Waals surface area contributed by atoms with Gasteiger partial charge in [-0.1, -0.05) is 13.8 Å². The summed E-state index contributed by atoms with van der Waals surface area (Å²) in [7, 11) is 0. The molecule has 1 saturated carbocycles. The second kappa shape index (κ2) is 7.07. The second-order valence-corrected chi connectivity index (χ2v) is 6.06. The third-order valence-electron chi connectivity index (χ3n) is 4.21. The summed E-state index contributed by atoms with van der Waals surface area (Å²) in [6, 6.07) is 0. The van der Waals surface area contributed by atoms with Crippen LogP contribution in [0.1, 0.15) is 57.3 Å². The third-order valence-corrected chi connectivity index (χ3v) is 4.21. The fourth-order valence-corrected chi connectivity index (χ4v) is 2.61. The molecule has 1 aliphatic carbocycles. The van der Waals surface area contributed by atoms with E-state index in [0.29, 0.717) is 0 Å². The SMILES string of the molecule is CCCNc1nc(CCC)nc(NC2(CO)CCC2)c1C. The fraction of sp³-hybridized carbons (Fsp3) is 0.750. The highest BCUT2D eigenvalue weighted by Gasteiger charge is 2.37. The maximum absolute atomic E-state index is 9.65. The molecule has 1 aliphatic rings. The van der Waals surface area contributed by atoms with Gasteiger partial charge in [0.15, 0.2) is 0 Å². The molecule has 0 atom stereocenters. The van der Waals surface area contributed by atoms with Crippen LogP contribution in [0.3, 0.4) is 0 Å². The molecule has 5 nitrogen and oxygen atoms in total. The van der Waals surface area contributed by atoms with Crippen LogP contribution in [0.5, 0.6) is 0 Å². The number of hydrogen-bond acceptors (Lipinski definition) is 5. The van der Waals surface area contributed by atoms with Crippen LogP contribution in [0.2, 0.25) is 0 Å².